The van der Waals surface area contributed by atoms with Crippen molar-refractivity contribution in [2.24, 2.45) is 0 Å². The number of aliphatic hydroxyl groups is 6. The third-order valence-electron chi connectivity index (χ3n) is 14.3. The fourth-order valence-corrected chi connectivity index (χ4v) is 10.6. The molecule has 1 rings (SSSR count). The van der Waals surface area contributed by atoms with Gasteiger partial charge in [0.25, 0.3) is 0 Å². The summed E-state index contributed by atoms with van der Waals surface area (Å²) in [5.41, 5.74) is 0. The van der Waals surface area contributed by atoms with Crippen LogP contribution in [0.15, 0.2) is 12.2 Å². The summed E-state index contributed by atoms with van der Waals surface area (Å²) in [6.07, 6.45) is 43.0. The zero-order valence-corrected chi connectivity index (χ0v) is 45.3. The van der Waals surface area contributed by atoms with Gasteiger partial charge in [-0.1, -0.05) is 270 Å². The number of unbranched alkanes of at least 4 members (excludes halogenated alkanes) is 39. The Morgan fingerprint density at radius 3 is 1.10 bits per heavy atom. The van der Waals surface area contributed by atoms with Crippen molar-refractivity contribution in [2.75, 3.05) is 6.61 Å². The molecular weight excluding hydrogens is 894 g/mol. The van der Waals surface area contributed by atoms with E-state index in [1.54, 1.807) is 6.08 Å². The Balaban J connectivity index is 2.29. The van der Waals surface area contributed by atoms with Crippen LogP contribution in [0.4, 0.5) is 0 Å². The van der Waals surface area contributed by atoms with Gasteiger partial charge in [-0.15, -0.1) is 0 Å². The molecule has 410 valence electrons. The summed E-state index contributed by atoms with van der Waals surface area (Å²) >= 11 is 0. The number of phosphoric ester groups is 1. The van der Waals surface area contributed by atoms with E-state index in [9.17, 15) is 44.9 Å². The molecule has 1 saturated carbocycles. The molecule has 1 aliphatic carbocycles. The van der Waals surface area contributed by atoms with Gasteiger partial charge in [-0.2, -0.15) is 0 Å². The Morgan fingerprint density at radius 1 is 0.478 bits per heavy atom. The van der Waals surface area contributed by atoms with Crippen molar-refractivity contribution >= 4 is 13.7 Å². The number of rotatable bonds is 50. The number of carbonyl (C=O) groups is 1. The van der Waals surface area contributed by atoms with Gasteiger partial charge in [0.1, 0.15) is 36.6 Å². The average molecular weight is 1000 g/mol. The highest BCUT2D eigenvalue weighted by Gasteiger charge is 2.51. The van der Waals surface area contributed by atoms with E-state index < -0.39 is 63.2 Å². The van der Waals surface area contributed by atoms with Gasteiger partial charge in [0, 0.05) is 6.42 Å². The number of hydrogen-bond donors (Lipinski definition) is 8. The minimum absolute atomic E-state index is 0.219. The van der Waals surface area contributed by atoms with Gasteiger partial charge in [0.15, 0.2) is 0 Å². The van der Waals surface area contributed by atoms with Crippen LogP contribution in [0, 0.1) is 0 Å². The number of phosphoric acid groups is 1. The summed E-state index contributed by atoms with van der Waals surface area (Å²) < 4.78 is 23.0. The third-order valence-corrected chi connectivity index (χ3v) is 15.3. The van der Waals surface area contributed by atoms with Crippen molar-refractivity contribution in [2.45, 2.75) is 332 Å². The Morgan fingerprint density at radius 2 is 0.768 bits per heavy atom. The molecule has 0 aromatic carbocycles. The van der Waals surface area contributed by atoms with E-state index in [1.807, 2.05) is 6.08 Å². The second-order valence-corrected chi connectivity index (χ2v) is 22.3. The fourth-order valence-electron chi connectivity index (χ4n) is 9.61. The number of nitrogens with one attached hydrogen (secondary N) is 1. The zero-order chi connectivity index (χ0) is 50.6. The summed E-state index contributed by atoms with van der Waals surface area (Å²) in [7, 11) is -5.08. The summed E-state index contributed by atoms with van der Waals surface area (Å²) in [6.45, 7) is 3.89. The van der Waals surface area contributed by atoms with Crippen molar-refractivity contribution in [1.82, 2.24) is 5.32 Å². The quantitative estimate of drug-likeness (QED) is 0.0163. The van der Waals surface area contributed by atoms with Crippen LogP contribution in [0.1, 0.15) is 284 Å². The lowest BCUT2D eigenvalue weighted by Crippen LogP contribution is -2.64. The van der Waals surface area contributed by atoms with E-state index in [-0.39, 0.29) is 12.3 Å². The normalized spacial score (nSPS) is 21.5. The molecule has 1 amide bonds. The van der Waals surface area contributed by atoms with E-state index in [1.165, 1.54) is 212 Å². The van der Waals surface area contributed by atoms with Crippen LogP contribution in [-0.2, 0) is 18.4 Å². The van der Waals surface area contributed by atoms with Gasteiger partial charge in [-0.25, -0.2) is 4.57 Å². The van der Waals surface area contributed by atoms with Crippen molar-refractivity contribution in [1.29, 1.82) is 0 Å². The zero-order valence-electron chi connectivity index (χ0n) is 44.4. The Kier molecular flexibility index (Phi) is 43.8. The molecule has 1 aliphatic rings. The van der Waals surface area contributed by atoms with E-state index in [2.05, 4.69) is 19.2 Å². The first-order valence-electron chi connectivity index (χ1n) is 29.1. The molecule has 9 atom stereocenters. The van der Waals surface area contributed by atoms with E-state index in [0.29, 0.717) is 6.42 Å². The largest absolute Gasteiger partial charge is 0.472 e. The van der Waals surface area contributed by atoms with Crippen LogP contribution in [0.5, 0.6) is 0 Å². The second kappa shape index (κ2) is 45.7. The Labute approximate surface area is 422 Å². The molecule has 0 spiro atoms. The summed E-state index contributed by atoms with van der Waals surface area (Å²) in [6, 6.07) is -1.11. The molecule has 0 saturated heterocycles. The minimum atomic E-state index is -5.08. The average Bonchev–Trinajstić information content (AvgIpc) is 3.33. The second-order valence-electron chi connectivity index (χ2n) is 20.9. The van der Waals surface area contributed by atoms with Crippen LogP contribution >= 0.6 is 7.82 Å². The number of aliphatic hydroxyl groups excluding tert-OH is 6. The molecule has 0 aromatic heterocycles. The minimum Gasteiger partial charge on any atom is -0.387 e. The highest BCUT2D eigenvalue weighted by molar-refractivity contribution is 7.47. The smallest absolute Gasteiger partial charge is 0.387 e. The van der Waals surface area contributed by atoms with Crippen molar-refractivity contribution < 1.29 is 53.9 Å². The monoisotopic (exact) mass is 1000 g/mol. The van der Waals surface area contributed by atoms with Crippen LogP contribution in [0.25, 0.3) is 0 Å². The van der Waals surface area contributed by atoms with Gasteiger partial charge in [0.2, 0.25) is 5.91 Å². The molecule has 13 heteroatoms. The van der Waals surface area contributed by atoms with Crippen molar-refractivity contribution in [3.63, 3.8) is 0 Å². The third kappa shape index (κ3) is 36.6. The summed E-state index contributed by atoms with van der Waals surface area (Å²) in [5, 5.41) is 64.3. The highest BCUT2D eigenvalue weighted by atomic mass is 31.2. The lowest BCUT2D eigenvalue weighted by molar-refractivity contribution is -0.220. The molecule has 69 heavy (non-hydrogen) atoms. The van der Waals surface area contributed by atoms with E-state index in [0.717, 1.165) is 44.9 Å². The molecule has 12 nitrogen and oxygen atoms in total. The van der Waals surface area contributed by atoms with Crippen LogP contribution in [0.3, 0.4) is 0 Å². The van der Waals surface area contributed by atoms with Crippen molar-refractivity contribution in [3.8, 4) is 0 Å². The number of amides is 1. The molecule has 6 unspecified atom stereocenters. The van der Waals surface area contributed by atoms with Crippen molar-refractivity contribution in [3.05, 3.63) is 12.2 Å². The fraction of sp³-hybridized carbons (Fsp3) is 0.946. The van der Waals surface area contributed by atoms with E-state index >= 15 is 0 Å². The Bertz CT molecular complexity index is 1210. The lowest BCUT2D eigenvalue weighted by Gasteiger charge is -2.41. The maximum atomic E-state index is 13.0. The highest BCUT2D eigenvalue weighted by Crippen LogP contribution is 2.47. The maximum Gasteiger partial charge on any atom is 0.472 e. The molecule has 0 aliphatic heterocycles. The standard InChI is InChI=1S/C56H110NO11P/c1-3-5-7-9-11-13-15-17-19-20-21-22-23-24-25-26-27-28-29-30-32-34-36-38-40-42-44-46-50(59)57-48(47-67-69(65,66)68-56-54(63)52(61)51(60)53(62)55(56)64)49(58)45-43-41-39-37-35-33-31-18-16-14-12-10-8-6-4-2/h43,45,48-49,51-56,58,60-64H,3-42,44,46-47H2,1-2H3,(H,57,59)(H,65,66)/b45-43+/t48-,49+,51?,52+,53?,54?,55?,56?/m0/s1. The van der Waals surface area contributed by atoms with Gasteiger partial charge in [-0.05, 0) is 19.3 Å². The van der Waals surface area contributed by atoms with Gasteiger partial charge in [0.05, 0.1) is 18.8 Å². The van der Waals surface area contributed by atoms with Gasteiger partial charge < -0.3 is 40.8 Å². The first-order valence-corrected chi connectivity index (χ1v) is 30.6. The molecule has 0 bridgehead atoms. The SMILES string of the molecule is CCCCCCCCCCCCCCC/C=C/[C@@H](O)[C@H](COP(=O)(O)OC1C(O)C(O)C(O)[C@@H](O)C1O)NC(=O)CCCCCCCCCCCCCCCCCCCCCCCCCCCCC. The summed E-state index contributed by atoms with van der Waals surface area (Å²) in [4.78, 5) is 23.5. The summed E-state index contributed by atoms with van der Waals surface area (Å²) in [5.74, 6) is -0.334. The molecule has 8 N–H and O–H groups in total. The van der Waals surface area contributed by atoms with E-state index in [4.69, 9.17) is 9.05 Å². The van der Waals surface area contributed by atoms with Gasteiger partial charge in [-0.3, -0.25) is 13.8 Å². The molecule has 0 radical (unpaired) electrons. The first kappa shape index (κ1) is 66.1. The molecule has 1 fully saturated rings. The van der Waals surface area contributed by atoms with Crippen LogP contribution in [0.2, 0.25) is 0 Å². The predicted octanol–water partition coefficient (Wildman–Crippen LogP) is 13.1. The van der Waals surface area contributed by atoms with Crippen LogP contribution < -0.4 is 5.32 Å². The topological polar surface area (TPSA) is 206 Å². The van der Waals surface area contributed by atoms with Gasteiger partial charge >= 0.3 is 7.82 Å². The Hall–Kier alpha value is -0.920. The van der Waals surface area contributed by atoms with Crippen LogP contribution in [-0.4, -0.2) is 96.8 Å². The number of carbonyl (C=O) groups excluding carboxylic acids is 1. The molecule has 0 aromatic rings. The molecule has 0 heterocycles. The number of hydrogen-bond acceptors (Lipinski definition) is 10. The number of allylic oxidation sites excluding steroid dienone is 1. The predicted molar refractivity (Wildman–Crippen MR) is 283 cm³/mol. The maximum absolute atomic E-state index is 13.0. The lowest BCUT2D eigenvalue weighted by atomic mass is 9.85. The molecular formula is C56H110NO11P. The first-order chi connectivity index (χ1) is 33.4.